The van der Waals surface area contributed by atoms with Crippen LogP contribution in [0.4, 0.5) is 0 Å². The Bertz CT molecular complexity index is 717. The zero-order valence-corrected chi connectivity index (χ0v) is 12.9. The molecule has 0 amide bonds. The highest BCUT2D eigenvalue weighted by Gasteiger charge is 2.11. The predicted octanol–water partition coefficient (Wildman–Crippen LogP) is 4.77. The van der Waals surface area contributed by atoms with Crippen molar-refractivity contribution in [1.29, 1.82) is 0 Å². The van der Waals surface area contributed by atoms with Crippen LogP contribution in [0.15, 0.2) is 51.4 Å². The first-order chi connectivity index (χ1) is 8.66. The molecule has 0 unspecified atom stereocenters. The van der Waals surface area contributed by atoms with Crippen LogP contribution in [0.1, 0.15) is 0 Å². The van der Waals surface area contributed by atoms with Crippen molar-refractivity contribution in [2.45, 2.75) is 0 Å². The lowest BCUT2D eigenvalue weighted by atomic mass is 10.2. The first-order valence-corrected chi connectivity index (χ1v) is 7.12. The Kier molecular flexibility index (Phi) is 2.99. The van der Waals surface area contributed by atoms with Crippen LogP contribution in [-0.2, 0) is 7.05 Å². The summed E-state index contributed by atoms with van der Waals surface area (Å²) in [4.78, 5) is 4.70. The van der Waals surface area contributed by atoms with Crippen molar-refractivity contribution in [2.24, 2.45) is 7.05 Å². The topological polar surface area (TPSA) is 17.8 Å². The second kappa shape index (κ2) is 4.52. The fourth-order valence-corrected chi connectivity index (χ4v) is 2.70. The van der Waals surface area contributed by atoms with E-state index in [1.54, 1.807) is 0 Å². The first-order valence-electron chi connectivity index (χ1n) is 5.53. The summed E-state index contributed by atoms with van der Waals surface area (Å²) < 4.78 is 4.17. The van der Waals surface area contributed by atoms with Crippen LogP contribution in [0, 0.1) is 0 Å². The van der Waals surface area contributed by atoms with Gasteiger partial charge in [-0.3, -0.25) is 0 Å². The lowest BCUT2D eigenvalue weighted by molar-refractivity contribution is 0.959. The van der Waals surface area contributed by atoms with Gasteiger partial charge in [0, 0.05) is 21.6 Å². The molecule has 0 saturated carbocycles. The second-order valence-corrected chi connectivity index (χ2v) is 5.82. The predicted molar refractivity (Wildman–Crippen MR) is 81.6 cm³/mol. The van der Waals surface area contributed by atoms with Gasteiger partial charge in [-0.15, -0.1) is 0 Å². The van der Waals surface area contributed by atoms with Gasteiger partial charge in [0.25, 0.3) is 0 Å². The van der Waals surface area contributed by atoms with Crippen molar-refractivity contribution in [3.63, 3.8) is 0 Å². The highest BCUT2D eigenvalue weighted by atomic mass is 79.9. The average molecular weight is 366 g/mol. The lowest BCUT2D eigenvalue weighted by Gasteiger charge is -2.02. The molecular formula is C14H10Br2N2. The van der Waals surface area contributed by atoms with E-state index in [1.807, 2.05) is 31.3 Å². The van der Waals surface area contributed by atoms with Crippen LogP contribution >= 0.6 is 31.9 Å². The van der Waals surface area contributed by atoms with Gasteiger partial charge < -0.3 is 4.57 Å². The summed E-state index contributed by atoms with van der Waals surface area (Å²) >= 11 is 7.04. The Labute approximate surface area is 122 Å². The van der Waals surface area contributed by atoms with Crippen LogP contribution in [-0.4, -0.2) is 9.55 Å². The molecule has 18 heavy (non-hydrogen) atoms. The average Bonchev–Trinajstić information content (AvgIpc) is 2.69. The van der Waals surface area contributed by atoms with Crippen LogP contribution in [0.5, 0.6) is 0 Å². The Morgan fingerprint density at radius 2 is 1.67 bits per heavy atom. The third kappa shape index (κ3) is 1.89. The molecule has 3 aromatic rings. The zero-order valence-electron chi connectivity index (χ0n) is 9.69. The van der Waals surface area contributed by atoms with E-state index in [4.69, 9.17) is 4.98 Å². The molecule has 3 rings (SSSR count). The van der Waals surface area contributed by atoms with Gasteiger partial charge in [0.15, 0.2) is 0 Å². The summed E-state index contributed by atoms with van der Waals surface area (Å²) in [5.74, 6) is 0.982. The van der Waals surface area contributed by atoms with Crippen LogP contribution < -0.4 is 0 Å². The zero-order chi connectivity index (χ0) is 12.7. The fourth-order valence-electron chi connectivity index (χ4n) is 2.03. The van der Waals surface area contributed by atoms with Gasteiger partial charge in [-0.1, -0.05) is 30.3 Å². The summed E-state index contributed by atoms with van der Waals surface area (Å²) in [6.07, 6.45) is 0. The normalized spacial score (nSPS) is 11.1. The summed E-state index contributed by atoms with van der Waals surface area (Å²) in [5.41, 5.74) is 3.24. The fraction of sp³-hybridized carbons (Fsp3) is 0.0714. The number of benzene rings is 2. The number of nitrogens with zero attached hydrogens (tertiary/aromatic N) is 2. The standard InChI is InChI=1S/C14H10Br2N2/c1-18-13-8-11(16)10(15)7-12(13)17-14(18)9-5-3-2-4-6-9/h2-8H,1H3. The minimum Gasteiger partial charge on any atom is -0.327 e. The van der Waals surface area contributed by atoms with Gasteiger partial charge in [-0.2, -0.15) is 0 Å². The number of hydrogen-bond acceptors (Lipinski definition) is 1. The third-order valence-electron chi connectivity index (χ3n) is 2.95. The molecule has 0 aliphatic heterocycles. The van der Waals surface area contributed by atoms with Crippen molar-refractivity contribution in [3.8, 4) is 11.4 Å². The molecule has 0 aliphatic rings. The summed E-state index contributed by atoms with van der Waals surface area (Å²) in [5, 5.41) is 0. The first kappa shape index (κ1) is 11.9. The van der Waals surface area contributed by atoms with Crippen LogP contribution in [0.2, 0.25) is 0 Å². The summed E-state index contributed by atoms with van der Waals surface area (Å²) in [6.45, 7) is 0. The minimum atomic E-state index is 0.982. The molecule has 1 aromatic heterocycles. The van der Waals surface area contributed by atoms with Gasteiger partial charge in [0.1, 0.15) is 5.82 Å². The smallest absolute Gasteiger partial charge is 0.140 e. The number of aryl methyl sites for hydroxylation is 1. The molecule has 0 saturated heterocycles. The lowest BCUT2D eigenvalue weighted by Crippen LogP contribution is -1.91. The van der Waals surface area contributed by atoms with Gasteiger partial charge in [-0.05, 0) is 44.0 Å². The van der Waals surface area contributed by atoms with E-state index in [0.717, 1.165) is 31.4 Å². The molecular weight excluding hydrogens is 356 g/mol. The number of aromatic nitrogens is 2. The molecule has 2 aromatic carbocycles. The summed E-state index contributed by atoms with van der Waals surface area (Å²) in [6, 6.07) is 14.3. The van der Waals surface area contributed by atoms with Crippen molar-refractivity contribution in [2.75, 3.05) is 0 Å². The molecule has 90 valence electrons. The molecule has 0 aliphatic carbocycles. The molecule has 0 fully saturated rings. The highest BCUT2D eigenvalue weighted by Crippen LogP contribution is 2.30. The third-order valence-corrected chi connectivity index (χ3v) is 4.80. The van der Waals surface area contributed by atoms with Crippen molar-refractivity contribution in [1.82, 2.24) is 9.55 Å². The quantitative estimate of drug-likeness (QED) is 0.607. The Morgan fingerprint density at radius 1 is 1.00 bits per heavy atom. The number of rotatable bonds is 1. The Morgan fingerprint density at radius 3 is 2.39 bits per heavy atom. The van der Waals surface area contributed by atoms with Crippen LogP contribution in [0.3, 0.4) is 0 Å². The van der Waals surface area contributed by atoms with E-state index in [0.29, 0.717) is 0 Å². The molecule has 1 heterocycles. The highest BCUT2D eigenvalue weighted by molar-refractivity contribution is 9.13. The number of halogens is 2. The Balaban J connectivity index is 2.30. The van der Waals surface area contributed by atoms with Crippen molar-refractivity contribution >= 4 is 42.9 Å². The summed E-state index contributed by atoms with van der Waals surface area (Å²) in [7, 11) is 2.04. The van der Waals surface area contributed by atoms with E-state index in [-0.39, 0.29) is 0 Å². The van der Waals surface area contributed by atoms with Gasteiger partial charge in [-0.25, -0.2) is 4.98 Å². The number of hydrogen-bond donors (Lipinski definition) is 0. The van der Waals surface area contributed by atoms with Gasteiger partial charge in [0.05, 0.1) is 11.0 Å². The molecule has 0 spiro atoms. The molecule has 0 bridgehead atoms. The van der Waals surface area contributed by atoms with E-state index in [2.05, 4.69) is 54.6 Å². The van der Waals surface area contributed by atoms with Crippen molar-refractivity contribution in [3.05, 3.63) is 51.4 Å². The van der Waals surface area contributed by atoms with Crippen LogP contribution in [0.25, 0.3) is 22.4 Å². The van der Waals surface area contributed by atoms with E-state index in [9.17, 15) is 0 Å². The number of fused-ring (bicyclic) bond motifs is 1. The Hall–Kier alpha value is -1.13. The van der Waals surface area contributed by atoms with E-state index >= 15 is 0 Å². The van der Waals surface area contributed by atoms with Gasteiger partial charge in [0.2, 0.25) is 0 Å². The maximum Gasteiger partial charge on any atom is 0.140 e. The molecule has 4 heteroatoms. The SMILES string of the molecule is Cn1c(-c2ccccc2)nc2cc(Br)c(Br)cc21. The second-order valence-electron chi connectivity index (χ2n) is 4.12. The van der Waals surface area contributed by atoms with E-state index in [1.165, 1.54) is 0 Å². The molecule has 0 N–H and O–H groups in total. The van der Waals surface area contributed by atoms with E-state index < -0.39 is 0 Å². The minimum absolute atomic E-state index is 0.982. The maximum absolute atomic E-state index is 4.70. The molecule has 2 nitrogen and oxygen atoms in total. The largest absolute Gasteiger partial charge is 0.327 e. The maximum atomic E-state index is 4.70. The molecule has 0 atom stereocenters. The van der Waals surface area contributed by atoms with Crippen molar-refractivity contribution < 1.29 is 0 Å². The number of imidazole rings is 1. The molecule has 0 radical (unpaired) electrons. The monoisotopic (exact) mass is 364 g/mol. The van der Waals surface area contributed by atoms with Gasteiger partial charge >= 0.3 is 0 Å².